The molecule has 0 saturated heterocycles. The molecule has 0 aromatic carbocycles. The number of rotatable bonds is 8. The molecule has 2 rings (SSSR count). The Balaban J connectivity index is 1.91. The summed E-state index contributed by atoms with van der Waals surface area (Å²) in [7, 11) is 1.79. The van der Waals surface area contributed by atoms with E-state index >= 15 is 0 Å². The molecule has 1 unspecified atom stereocenters. The summed E-state index contributed by atoms with van der Waals surface area (Å²) in [4.78, 5) is 8.08. The summed E-state index contributed by atoms with van der Waals surface area (Å²) in [6, 6.07) is 2.81. The second-order valence-corrected chi connectivity index (χ2v) is 5.74. The zero-order valence-electron chi connectivity index (χ0n) is 13.7. The van der Waals surface area contributed by atoms with Crippen LogP contribution >= 0.6 is 11.6 Å². The molecule has 1 aromatic rings. The van der Waals surface area contributed by atoms with Crippen LogP contribution in [0.15, 0.2) is 46.3 Å². The predicted octanol–water partition coefficient (Wildman–Crippen LogP) is 3.09. The molecule has 0 radical (unpaired) electrons. The molecule has 0 aliphatic carbocycles. The van der Waals surface area contributed by atoms with Gasteiger partial charge in [0, 0.05) is 24.1 Å². The molecule has 0 bridgehead atoms. The van der Waals surface area contributed by atoms with Gasteiger partial charge in [-0.05, 0) is 24.9 Å². The van der Waals surface area contributed by atoms with Gasteiger partial charge < -0.3 is 15.4 Å². The second-order valence-electron chi connectivity index (χ2n) is 5.36. The van der Waals surface area contributed by atoms with Crippen molar-refractivity contribution in [3.05, 3.63) is 46.9 Å². The summed E-state index contributed by atoms with van der Waals surface area (Å²) < 4.78 is 54.3. The molecule has 0 amide bonds. The fourth-order valence-corrected chi connectivity index (χ4v) is 2.23. The maximum absolute atomic E-state index is 12.8. The Bertz CT molecular complexity index is 692. The third-order valence-corrected chi connectivity index (χ3v) is 3.76. The first kappa shape index (κ1) is 20.2. The van der Waals surface area contributed by atoms with Crippen LogP contribution in [0.2, 0.25) is 0 Å². The first-order chi connectivity index (χ1) is 12.3. The molecule has 1 aliphatic rings. The summed E-state index contributed by atoms with van der Waals surface area (Å²) in [5.41, 5.74) is 1.45. The number of hydrogen-bond acceptors (Lipinski definition) is 5. The normalized spacial score (nSPS) is 17.9. The van der Waals surface area contributed by atoms with E-state index in [9.17, 15) is 17.6 Å². The van der Waals surface area contributed by atoms with Crippen LogP contribution in [0.1, 0.15) is 5.56 Å². The molecule has 142 valence electrons. The molecule has 1 aromatic heterocycles. The number of nitrogens with zero attached hydrogens (tertiary/aromatic N) is 2. The van der Waals surface area contributed by atoms with Crippen molar-refractivity contribution in [3.8, 4) is 5.88 Å². The van der Waals surface area contributed by atoms with Crippen LogP contribution in [0.5, 0.6) is 5.88 Å². The lowest BCUT2D eigenvalue weighted by molar-refractivity contribution is -0.148. The minimum absolute atomic E-state index is 0.0714. The maximum atomic E-state index is 12.8. The van der Waals surface area contributed by atoms with Crippen LogP contribution in [0.4, 0.5) is 17.6 Å². The van der Waals surface area contributed by atoms with E-state index in [4.69, 9.17) is 11.6 Å². The molecular formula is C16H17ClF4N4O. The molecule has 2 heterocycles. The predicted molar refractivity (Wildman–Crippen MR) is 90.9 cm³/mol. The van der Waals surface area contributed by atoms with Gasteiger partial charge in [-0.1, -0.05) is 17.7 Å². The van der Waals surface area contributed by atoms with Crippen molar-refractivity contribution >= 4 is 17.8 Å². The zero-order chi connectivity index (χ0) is 19.2. The minimum Gasteiger partial charge on any atom is -0.471 e. The largest absolute Gasteiger partial charge is 0.471 e. The summed E-state index contributed by atoms with van der Waals surface area (Å²) in [6.07, 6.45) is 2.81. The van der Waals surface area contributed by atoms with Gasteiger partial charge in [-0.25, -0.2) is 13.8 Å². The van der Waals surface area contributed by atoms with Crippen molar-refractivity contribution in [1.29, 1.82) is 0 Å². The van der Waals surface area contributed by atoms with Crippen LogP contribution < -0.4 is 15.4 Å². The summed E-state index contributed by atoms with van der Waals surface area (Å²) in [5, 5.41) is 6.40. The number of nitrogens with one attached hydrogen (secondary N) is 2. The van der Waals surface area contributed by atoms with E-state index < -0.39 is 19.0 Å². The topological polar surface area (TPSA) is 58.5 Å². The maximum Gasteiger partial charge on any atom is 0.340 e. The van der Waals surface area contributed by atoms with Crippen LogP contribution in [0, 0.1) is 0 Å². The van der Waals surface area contributed by atoms with Crippen molar-refractivity contribution < 1.29 is 22.3 Å². The first-order valence-corrected chi connectivity index (χ1v) is 7.95. The van der Waals surface area contributed by atoms with Gasteiger partial charge in [-0.15, -0.1) is 0 Å². The molecule has 5 nitrogen and oxygen atoms in total. The van der Waals surface area contributed by atoms with Crippen molar-refractivity contribution in [2.45, 2.75) is 24.9 Å². The van der Waals surface area contributed by atoms with Gasteiger partial charge in [0.2, 0.25) is 5.88 Å². The van der Waals surface area contributed by atoms with Crippen LogP contribution in [-0.4, -0.2) is 43.2 Å². The lowest BCUT2D eigenvalue weighted by Gasteiger charge is -2.19. The van der Waals surface area contributed by atoms with Gasteiger partial charge in [-0.2, -0.15) is 8.78 Å². The number of halogens is 5. The van der Waals surface area contributed by atoms with E-state index in [1.165, 1.54) is 12.3 Å². The van der Waals surface area contributed by atoms with E-state index in [1.54, 1.807) is 25.5 Å². The van der Waals surface area contributed by atoms with Gasteiger partial charge in [0.1, 0.15) is 5.16 Å². The highest BCUT2D eigenvalue weighted by Gasteiger charge is 2.41. The molecule has 26 heavy (non-hydrogen) atoms. The number of pyridine rings is 1. The Morgan fingerprint density at radius 2 is 2.23 bits per heavy atom. The average Bonchev–Trinajstić information content (AvgIpc) is 2.62. The van der Waals surface area contributed by atoms with Crippen LogP contribution in [0.3, 0.4) is 0 Å². The van der Waals surface area contributed by atoms with Crippen LogP contribution in [0.25, 0.3) is 0 Å². The Labute approximate surface area is 152 Å². The minimum atomic E-state index is -4.22. The van der Waals surface area contributed by atoms with Crippen molar-refractivity contribution in [2.24, 2.45) is 4.99 Å². The standard InChI is InChI=1S/C16H17ClF4N4O/c1-22-12-4-5-24-14(17)11(12)8-23-6-10-2-3-13(25-7-10)26-9-16(20,21)15(18)19/h2-5,7-8,12,15,22,24H,6,9H2,1H3. The molecule has 1 atom stereocenters. The van der Waals surface area contributed by atoms with Gasteiger partial charge in [0.25, 0.3) is 0 Å². The fourth-order valence-electron chi connectivity index (χ4n) is 2.00. The number of aromatic nitrogens is 1. The van der Waals surface area contributed by atoms with Crippen molar-refractivity contribution in [3.63, 3.8) is 0 Å². The summed E-state index contributed by atoms with van der Waals surface area (Å²) in [5.74, 6) is -4.38. The van der Waals surface area contributed by atoms with Gasteiger partial charge in [-0.3, -0.25) is 4.99 Å². The molecule has 1 aliphatic heterocycles. The quantitative estimate of drug-likeness (QED) is 0.405. The number of hydrogen-bond donors (Lipinski definition) is 2. The lowest BCUT2D eigenvalue weighted by Crippen LogP contribution is -2.33. The van der Waals surface area contributed by atoms with E-state index in [0.717, 1.165) is 5.57 Å². The molecule has 2 N–H and O–H groups in total. The Kier molecular flexibility index (Phi) is 6.98. The molecular weight excluding hydrogens is 376 g/mol. The Hall–Kier alpha value is -2.13. The highest BCUT2D eigenvalue weighted by atomic mass is 35.5. The van der Waals surface area contributed by atoms with Gasteiger partial charge in [0.05, 0.1) is 12.6 Å². The highest BCUT2D eigenvalue weighted by Crippen LogP contribution is 2.23. The molecule has 0 saturated carbocycles. The van der Waals surface area contributed by atoms with Gasteiger partial charge >= 0.3 is 12.3 Å². The SMILES string of the molecule is CNC1C=CNC(Cl)=C1C=NCc1ccc(OCC(F)(F)C(F)F)nc1. The van der Waals surface area contributed by atoms with Crippen molar-refractivity contribution in [2.75, 3.05) is 13.7 Å². The zero-order valence-corrected chi connectivity index (χ0v) is 14.5. The number of likely N-dealkylation sites (N-methyl/N-ethyl adjacent to an activating group) is 1. The first-order valence-electron chi connectivity index (χ1n) is 7.57. The van der Waals surface area contributed by atoms with E-state index in [2.05, 4.69) is 25.3 Å². The fraction of sp³-hybridized carbons (Fsp3) is 0.375. The molecule has 10 heteroatoms. The third-order valence-electron chi connectivity index (χ3n) is 3.43. The lowest BCUT2D eigenvalue weighted by atomic mass is 10.1. The van der Waals surface area contributed by atoms with Gasteiger partial charge in [0.15, 0.2) is 6.61 Å². The van der Waals surface area contributed by atoms with E-state index in [0.29, 0.717) is 10.7 Å². The highest BCUT2D eigenvalue weighted by molar-refractivity contribution is 6.31. The Morgan fingerprint density at radius 1 is 1.46 bits per heavy atom. The number of ether oxygens (including phenoxy) is 1. The second kappa shape index (κ2) is 9.00. The number of dihydropyridines is 1. The molecule has 0 fully saturated rings. The summed E-state index contributed by atoms with van der Waals surface area (Å²) in [6.45, 7) is -1.16. The summed E-state index contributed by atoms with van der Waals surface area (Å²) >= 11 is 6.09. The third kappa shape index (κ3) is 5.43. The average molecular weight is 393 g/mol. The van der Waals surface area contributed by atoms with E-state index in [-0.39, 0.29) is 18.5 Å². The monoisotopic (exact) mass is 392 g/mol. The molecule has 0 spiro atoms. The number of alkyl halides is 4. The Morgan fingerprint density at radius 3 is 2.85 bits per heavy atom. The smallest absolute Gasteiger partial charge is 0.340 e. The van der Waals surface area contributed by atoms with Crippen molar-refractivity contribution in [1.82, 2.24) is 15.6 Å². The number of aliphatic imine (C=N–C) groups is 1. The van der Waals surface area contributed by atoms with Crippen LogP contribution in [-0.2, 0) is 6.54 Å². The van der Waals surface area contributed by atoms with E-state index in [1.807, 2.05) is 6.08 Å².